The predicted molar refractivity (Wildman–Crippen MR) is 78.4 cm³/mol. The Hall–Kier alpha value is -1.13. The van der Waals surface area contributed by atoms with Crippen molar-refractivity contribution < 1.29 is 9.18 Å². The Morgan fingerprint density at radius 2 is 2.05 bits per heavy atom. The van der Waals surface area contributed by atoms with Crippen molar-refractivity contribution in [2.45, 2.75) is 44.7 Å². The van der Waals surface area contributed by atoms with Crippen molar-refractivity contribution in [3.63, 3.8) is 0 Å². The molecule has 20 heavy (non-hydrogen) atoms. The van der Waals surface area contributed by atoms with Gasteiger partial charge in [-0.05, 0) is 44.7 Å². The van der Waals surface area contributed by atoms with E-state index in [1.165, 1.54) is 12.1 Å². The number of nitrogens with zero attached hydrogens (tertiary/aromatic N) is 1. The van der Waals surface area contributed by atoms with Crippen molar-refractivity contribution in [1.29, 1.82) is 0 Å². The molecule has 110 valence electrons. The Bertz CT molecular complexity index is 487. The van der Waals surface area contributed by atoms with Crippen LogP contribution in [0, 0.1) is 5.82 Å². The third kappa shape index (κ3) is 3.13. The number of amides is 1. The fraction of sp³-hybridized carbons (Fsp3) is 0.533. The van der Waals surface area contributed by atoms with Crippen molar-refractivity contribution in [3.05, 3.63) is 34.6 Å². The molecule has 1 amide bonds. The fourth-order valence-electron chi connectivity index (χ4n) is 2.80. The molecule has 0 saturated heterocycles. The van der Waals surface area contributed by atoms with E-state index in [1.807, 2.05) is 6.92 Å². The summed E-state index contributed by atoms with van der Waals surface area (Å²) in [6.07, 6.45) is 3.57. The summed E-state index contributed by atoms with van der Waals surface area (Å²) in [5.74, 6) is -0.918. The molecule has 3 nitrogen and oxygen atoms in total. The average molecular weight is 299 g/mol. The number of carbonyl (C=O) groups is 1. The number of hydrogen-bond acceptors (Lipinski definition) is 2. The van der Waals surface area contributed by atoms with Crippen LogP contribution in [-0.4, -0.2) is 29.4 Å². The van der Waals surface area contributed by atoms with Crippen LogP contribution < -0.4 is 5.73 Å². The van der Waals surface area contributed by atoms with Crippen molar-refractivity contribution in [2.75, 3.05) is 6.54 Å². The van der Waals surface area contributed by atoms with Gasteiger partial charge in [-0.15, -0.1) is 0 Å². The molecule has 1 aliphatic carbocycles. The van der Waals surface area contributed by atoms with E-state index in [1.54, 1.807) is 11.0 Å². The first kappa shape index (κ1) is 15.3. The summed E-state index contributed by atoms with van der Waals surface area (Å²) >= 11 is 5.75. The van der Waals surface area contributed by atoms with E-state index in [0.29, 0.717) is 6.54 Å². The van der Waals surface area contributed by atoms with E-state index >= 15 is 0 Å². The number of hydrogen-bond donors (Lipinski definition) is 1. The predicted octanol–water partition coefficient (Wildman–Crippen LogP) is 3.21. The molecule has 0 atom stereocenters. The molecule has 0 spiro atoms. The van der Waals surface area contributed by atoms with Crippen molar-refractivity contribution in [3.8, 4) is 0 Å². The van der Waals surface area contributed by atoms with Crippen LogP contribution in [0.5, 0.6) is 0 Å². The Labute approximate surface area is 123 Å². The molecule has 5 heteroatoms. The molecule has 0 bridgehead atoms. The van der Waals surface area contributed by atoms with Gasteiger partial charge in [0.25, 0.3) is 5.91 Å². The molecule has 0 heterocycles. The normalized spacial score (nSPS) is 22.6. The lowest BCUT2D eigenvalue weighted by atomic mass is 9.90. The summed E-state index contributed by atoms with van der Waals surface area (Å²) in [4.78, 5) is 14.3. The van der Waals surface area contributed by atoms with Crippen LogP contribution in [0.15, 0.2) is 18.2 Å². The van der Waals surface area contributed by atoms with Gasteiger partial charge in [-0.25, -0.2) is 4.39 Å². The zero-order valence-corrected chi connectivity index (χ0v) is 12.4. The highest BCUT2D eigenvalue weighted by Gasteiger charge is 2.28. The Morgan fingerprint density at radius 3 is 2.65 bits per heavy atom. The van der Waals surface area contributed by atoms with Crippen LogP contribution in [0.1, 0.15) is 43.0 Å². The van der Waals surface area contributed by atoms with Gasteiger partial charge in [-0.3, -0.25) is 4.79 Å². The van der Waals surface area contributed by atoms with Crippen LogP contribution in [0.4, 0.5) is 4.39 Å². The highest BCUT2D eigenvalue weighted by Crippen LogP contribution is 2.25. The number of nitrogens with two attached hydrogens (primary N) is 1. The first-order valence-corrected chi connectivity index (χ1v) is 7.43. The minimum Gasteiger partial charge on any atom is -0.336 e. The maximum absolute atomic E-state index is 14.0. The van der Waals surface area contributed by atoms with Gasteiger partial charge in [0.1, 0.15) is 0 Å². The molecule has 0 aromatic heterocycles. The van der Waals surface area contributed by atoms with Crippen LogP contribution in [0.2, 0.25) is 5.02 Å². The van der Waals surface area contributed by atoms with Gasteiger partial charge in [0.2, 0.25) is 0 Å². The number of rotatable bonds is 3. The molecular formula is C15H20ClFN2O. The molecule has 1 aromatic rings. The summed E-state index contributed by atoms with van der Waals surface area (Å²) < 4.78 is 14.0. The first-order chi connectivity index (χ1) is 9.54. The minimum absolute atomic E-state index is 0.0161. The lowest BCUT2D eigenvalue weighted by molar-refractivity contribution is 0.0636. The fourth-order valence-corrected chi connectivity index (χ4v) is 2.98. The molecule has 1 saturated carbocycles. The zero-order valence-electron chi connectivity index (χ0n) is 11.6. The average Bonchev–Trinajstić information content (AvgIpc) is 2.44. The smallest absolute Gasteiger partial charge is 0.257 e. The SMILES string of the molecule is CCN(C(=O)c1cccc(Cl)c1F)C1CCC(N)CC1. The molecule has 0 radical (unpaired) electrons. The lowest BCUT2D eigenvalue weighted by Gasteiger charge is -2.35. The Kier molecular flexibility index (Phi) is 5.00. The molecule has 0 unspecified atom stereocenters. The van der Waals surface area contributed by atoms with Crippen LogP contribution in [0.25, 0.3) is 0 Å². The second kappa shape index (κ2) is 6.55. The number of carbonyl (C=O) groups excluding carboxylic acids is 1. The van der Waals surface area contributed by atoms with E-state index < -0.39 is 5.82 Å². The van der Waals surface area contributed by atoms with Gasteiger partial charge in [-0.2, -0.15) is 0 Å². The van der Waals surface area contributed by atoms with E-state index in [9.17, 15) is 9.18 Å². The summed E-state index contributed by atoms with van der Waals surface area (Å²) in [5, 5.41) is -0.0161. The minimum atomic E-state index is -0.634. The van der Waals surface area contributed by atoms with Gasteiger partial charge in [0.05, 0.1) is 10.6 Å². The maximum atomic E-state index is 14.0. The van der Waals surface area contributed by atoms with Gasteiger partial charge in [0.15, 0.2) is 5.82 Å². The standard InChI is InChI=1S/C15H20ClFN2O/c1-2-19(11-8-6-10(18)7-9-11)15(20)12-4-3-5-13(16)14(12)17/h3-5,10-11H,2,6-9,18H2,1H3. The van der Waals surface area contributed by atoms with E-state index in [-0.39, 0.29) is 28.6 Å². The van der Waals surface area contributed by atoms with Crippen LogP contribution in [-0.2, 0) is 0 Å². The summed E-state index contributed by atoms with van der Waals surface area (Å²) in [7, 11) is 0. The Morgan fingerprint density at radius 1 is 1.40 bits per heavy atom. The number of benzene rings is 1. The van der Waals surface area contributed by atoms with Crippen LogP contribution in [0.3, 0.4) is 0 Å². The second-order valence-electron chi connectivity index (χ2n) is 5.26. The van der Waals surface area contributed by atoms with E-state index in [2.05, 4.69) is 0 Å². The van der Waals surface area contributed by atoms with Gasteiger partial charge in [-0.1, -0.05) is 17.7 Å². The van der Waals surface area contributed by atoms with Gasteiger partial charge in [0, 0.05) is 18.6 Å². The lowest BCUT2D eigenvalue weighted by Crippen LogP contribution is -2.44. The third-order valence-electron chi connectivity index (χ3n) is 3.97. The highest BCUT2D eigenvalue weighted by atomic mass is 35.5. The zero-order chi connectivity index (χ0) is 14.7. The molecular weight excluding hydrogens is 279 g/mol. The first-order valence-electron chi connectivity index (χ1n) is 7.05. The summed E-state index contributed by atoms with van der Waals surface area (Å²) in [6, 6.07) is 4.90. The molecule has 2 rings (SSSR count). The molecule has 1 fully saturated rings. The molecule has 2 N–H and O–H groups in total. The number of halogens is 2. The summed E-state index contributed by atoms with van der Waals surface area (Å²) in [6.45, 7) is 2.47. The second-order valence-corrected chi connectivity index (χ2v) is 5.67. The van der Waals surface area contributed by atoms with Crippen LogP contribution >= 0.6 is 11.6 Å². The monoisotopic (exact) mass is 298 g/mol. The van der Waals surface area contributed by atoms with Gasteiger partial charge < -0.3 is 10.6 Å². The third-order valence-corrected chi connectivity index (χ3v) is 4.26. The van der Waals surface area contributed by atoms with E-state index in [0.717, 1.165) is 25.7 Å². The highest BCUT2D eigenvalue weighted by molar-refractivity contribution is 6.31. The molecule has 1 aromatic carbocycles. The largest absolute Gasteiger partial charge is 0.336 e. The molecule has 0 aliphatic heterocycles. The van der Waals surface area contributed by atoms with Gasteiger partial charge >= 0.3 is 0 Å². The Balaban J connectivity index is 2.19. The summed E-state index contributed by atoms with van der Waals surface area (Å²) in [5.41, 5.74) is 5.94. The van der Waals surface area contributed by atoms with Crippen molar-refractivity contribution >= 4 is 17.5 Å². The van der Waals surface area contributed by atoms with Crippen molar-refractivity contribution in [2.24, 2.45) is 5.73 Å². The topological polar surface area (TPSA) is 46.3 Å². The quantitative estimate of drug-likeness (QED) is 0.931. The maximum Gasteiger partial charge on any atom is 0.257 e. The van der Waals surface area contributed by atoms with Crippen molar-refractivity contribution in [1.82, 2.24) is 4.90 Å². The molecule has 1 aliphatic rings. The van der Waals surface area contributed by atoms with E-state index in [4.69, 9.17) is 17.3 Å².